The van der Waals surface area contributed by atoms with Crippen LogP contribution in [0.1, 0.15) is 55.6 Å². The van der Waals surface area contributed by atoms with Crippen molar-refractivity contribution in [2.75, 3.05) is 13.1 Å². The summed E-state index contributed by atoms with van der Waals surface area (Å²) in [5, 5.41) is 14.6. The molecule has 2 atom stereocenters. The molecule has 2 heterocycles. The van der Waals surface area contributed by atoms with Crippen LogP contribution in [0.3, 0.4) is 0 Å². The quantitative estimate of drug-likeness (QED) is 0.882. The maximum atomic E-state index is 12.8. The van der Waals surface area contributed by atoms with E-state index in [2.05, 4.69) is 18.9 Å². The van der Waals surface area contributed by atoms with E-state index in [0.29, 0.717) is 24.9 Å². The molecule has 0 saturated carbocycles. The van der Waals surface area contributed by atoms with Crippen LogP contribution < -0.4 is 5.73 Å². The van der Waals surface area contributed by atoms with Crippen molar-refractivity contribution >= 4 is 5.91 Å². The molecular formula is C20H28N4O2. The number of aromatic nitrogens is 2. The van der Waals surface area contributed by atoms with Crippen LogP contribution in [0.25, 0.3) is 5.69 Å². The van der Waals surface area contributed by atoms with E-state index < -0.39 is 0 Å². The van der Waals surface area contributed by atoms with E-state index in [1.165, 1.54) is 11.8 Å². The van der Waals surface area contributed by atoms with Crippen LogP contribution in [-0.4, -0.2) is 44.8 Å². The van der Waals surface area contributed by atoms with Gasteiger partial charge in [0, 0.05) is 19.1 Å². The summed E-state index contributed by atoms with van der Waals surface area (Å²) in [5.41, 5.74) is 8.15. The van der Waals surface area contributed by atoms with Crippen LogP contribution in [0.15, 0.2) is 30.5 Å². The predicted molar refractivity (Wildman–Crippen MR) is 102 cm³/mol. The van der Waals surface area contributed by atoms with Crippen molar-refractivity contribution in [1.82, 2.24) is 14.7 Å². The third-order valence-electron chi connectivity index (χ3n) is 5.21. The van der Waals surface area contributed by atoms with Gasteiger partial charge in [-0.2, -0.15) is 5.10 Å². The Kier molecular flexibility index (Phi) is 5.32. The second-order valence-corrected chi connectivity index (χ2v) is 7.57. The second kappa shape index (κ2) is 7.50. The maximum absolute atomic E-state index is 12.8. The average molecular weight is 356 g/mol. The molecule has 2 aromatic rings. The molecule has 1 aliphatic heterocycles. The SMILES string of the molecule is CC(C)c1ccc(-n2cc(O)c(C(=O)N3CCCC(C(C)N)C3)n2)cc1. The Morgan fingerprint density at radius 2 is 1.96 bits per heavy atom. The van der Waals surface area contributed by atoms with Crippen LogP contribution in [0.2, 0.25) is 0 Å². The number of hydrogen-bond donors (Lipinski definition) is 2. The number of carbonyl (C=O) groups excluding carboxylic acids is 1. The lowest BCUT2D eigenvalue weighted by molar-refractivity contribution is 0.0651. The van der Waals surface area contributed by atoms with E-state index in [-0.39, 0.29) is 23.4 Å². The third-order valence-corrected chi connectivity index (χ3v) is 5.21. The Morgan fingerprint density at radius 3 is 2.58 bits per heavy atom. The Hall–Kier alpha value is -2.34. The molecule has 1 aromatic carbocycles. The minimum atomic E-state index is -0.231. The summed E-state index contributed by atoms with van der Waals surface area (Å²) in [6.07, 6.45) is 3.45. The molecule has 6 heteroatoms. The van der Waals surface area contributed by atoms with E-state index in [9.17, 15) is 9.90 Å². The molecule has 1 amide bonds. The Morgan fingerprint density at radius 1 is 1.27 bits per heavy atom. The van der Waals surface area contributed by atoms with Gasteiger partial charge < -0.3 is 15.7 Å². The van der Waals surface area contributed by atoms with Gasteiger partial charge in [-0.25, -0.2) is 4.68 Å². The standard InChI is InChI=1S/C20H28N4O2/c1-13(2)15-6-8-17(9-7-15)24-12-18(25)19(22-24)20(26)23-10-4-5-16(11-23)14(3)21/h6-9,12-14,16,25H,4-5,10-11,21H2,1-3H3. The van der Waals surface area contributed by atoms with Gasteiger partial charge >= 0.3 is 0 Å². The zero-order valence-corrected chi connectivity index (χ0v) is 15.7. The largest absolute Gasteiger partial charge is 0.504 e. The number of piperidine rings is 1. The molecular weight excluding hydrogens is 328 g/mol. The lowest BCUT2D eigenvalue weighted by atomic mass is 9.92. The highest BCUT2D eigenvalue weighted by atomic mass is 16.3. The minimum Gasteiger partial charge on any atom is -0.504 e. The molecule has 26 heavy (non-hydrogen) atoms. The van der Waals surface area contributed by atoms with Gasteiger partial charge in [-0.3, -0.25) is 4.79 Å². The van der Waals surface area contributed by atoms with Crippen molar-refractivity contribution in [1.29, 1.82) is 0 Å². The van der Waals surface area contributed by atoms with E-state index in [0.717, 1.165) is 18.5 Å². The first-order valence-electron chi connectivity index (χ1n) is 9.30. The third kappa shape index (κ3) is 3.75. The van der Waals surface area contributed by atoms with Crippen molar-refractivity contribution in [3.05, 3.63) is 41.7 Å². The van der Waals surface area contributed by atoms with E-state index in [1.54, 1.807) is 9.58 Å². The van der Waals surface area contributed by atoms with Crippen LogP contribution in [0.5, 0.6) is 5.75 Å². The number of rotatable bonds is 4. The molecule has 3 N–H and O–H groups in total. The summed E-state index contributed by atoms with van der Waals surface area (Å²) < 4.78 is 1.56. The van der Waals surface area contributed by atoms with Gasteiger partial charge in [-0.05, 0) is 49.3 Å². The number of nitrogens with zero attached hydrogens (tertiary/aromatic N) is 3. The first kappa shape index (κ1) is 18.5. The predicted octanol–water partition coefficient (Wildman–Crippen LogP) is 2.90. The van der Waals surface area contributed by atoms with Gasteiger partial charge in [0.05, 0.1) is 11.9 Å². The minimum absolute atomic E-state index is 0.0521. The summed E-state index contributed by atoms with van der Waals surface area (Å²) in [5.74, 6) is 0.418. The summed E-state index contributed by atoms with van der Waals surface area (Å²) in [7, 11) is 0. The van der Waals surface area contributed by atoms with Crippen LogP contribution in [0, 0.1) is 5.92 Å². The van der Waals surface area contributed by atoms with E-state index in [1.807, 2.05) is 31.2 Å². The van der Waals surface area contributed by atoms with Crippen molar-refractivity contribution in [2.45, 2.75) is 45.6 Å². The van der Waals surface area contributed by atoms with Gasteiger partial charge in [0.25, 0.3) is 5.91 Å². The van der Waals surface area contributed by atoms with Crippen molar-refractivity contribution in [3.63, 3.8) is 0 Å². The molecule has 140 valence electrons. The number of likely N-dealkylation sites (tertiary alicyclic amines) is 1. The highest BCUT2D eigenvalue weighted by Gasteiger charge is 2.29. The van der Waals surface area contributed by atoms with Crippen LogP contribution in [-0.2, 0) is 0 Å². The highest BCUT2D eigenvalue weighted by molar-refractivity contribution is 5.94. The zero-order chi connectivity index (χ0) is 18.8. The molecule has 0 bridgehead atoms. The van der Waals surface area contributed by atoms with Gasteiger partial charge in [-0.15, -0.1) is 0 Å². The highest BCUT2D eigenvalue weighted by Crippen LogP contribution is 2.25. The molecule has 3 rings (SSSR count). The van der Waals surface area contributed by atoms with Gasteiger partial charge in [0.15, 0.2) is 11.4 Å². The first-order chi connectivity index (χ1) is 12.4. The number of nitrogens with two attached hydrogens (primary N) is 1. The zero-order valence-electron chi connectivity index (χ0n) is 15.7. The Bertz CT molecular complexity index is 765. The Labute approximate surface area is 154 Å². The fourth-order valence-electron chi connectivity index (χ4n) is 3.43. The van der Waals surface area contributed by atoms with Crippen molar-refractivity contribution in [2.24, 2.45) is 11.7 Å². The maximum Gasteiger partial charge on any atom is 0.278 e. The summed E-state index contributed by atoms with van der Waals surface area (Å²) in [6, 6.07) is 8.03. The summed E-state index contributed by atoms with van der Waals surface area (Å²) >= 11 is 0. The monoisotopic (exact) mass is 356 g/mol. The first-order valence-corrected chi connectivity index (χ1v) is 9.30. The fourth-order valence-corrected chi connectivity index (χ4v) is 3.43. The lowest BCUT2D eigenvalue weighted by Crippen LogP contribution is -2.45. The molecule has 1 saturated heterocycles. The van der Waals surface area contributed by atoms with Gasteiger partial charge in [0.2, 0.25) is 0 Å². The molecule has 2 unspecified atom stereocenters. The Balaban J connectivity index is 1.80. The average Bonchev–Trinajstić information content (AvgIpc) is 3.03. The smallest absolute Gasteiger partial charge is 0.278 e. The van der Waals surface area contributed by atoms with Crippen LogP contribution >= 0.6 is 0 Å². The van der Waals surface area contributed by atoms with E-state index >= 15 is 0 Å². The molecule has 0 spiro atoms. The fraction of sp³-hybridized carbons (Fsp3) is 0.500. The summed E-state index contributed by atoms with van der Waals surface area (Å²) in [4.78, 5) is 14.6. The lowest BCUT2D eigenvalue weighted by Gasteiger charge is -2.34. The number of hydrogen-bond acceptors (Lipinski definition) is 4. The normalized spacial score (nSPS) is 19.0. The number of benzene rings is 1. The number of amides is 1. The summed E-state index contributed by atoms with van der Waals surface area (Å²) in [6.45, 7) is 7.55. The van der Waals surface area contributed by atoms with Crippen molar-refractivity contribution in [3.8, 4) is 11.4 Å². The van der Waals surface area contributed by atoms with Crippen molar-refractivity contribution < 1.29 is 9.90 Å². The molecule has 6 nitrogen and oxygen atoms in total. The number of carbonyl (C=O) groups is 1. The molecule has 0 radical (unpaired) electrons. The molecule has 0 aliphatic carbocycles. The van der Waals surface area contributed by atoms with Gasteiger partial charge in [0.1, 0.15) is 0 Å². The van der Waals surface area contributed by atoms with Gasteiger partial charge in [-0.1, -0.05) is 26.0 Å². The topological polar surface area (TPSA) is 84.4 Å². The van der Waals surface area contributed by atoms with E-state index in [4.69, 9.17) is 5.73 Å². The molecule has 1 aromatic heterocycles. The molecule has 1 fully saturated rings. The van der Waals surface area contributed by atoms with Crippen LogP contribution in [0.4, 0.5) is 0 Å². The second-order valence-electron chi connectivity index (χ2n) is 7.57. The molecule has 1 aliphatic rings. The number of aromatic hydroxyl groups is 1.